The molecule has 0 aliphatic carbocycles. The van der Waals surface area contributed by atoms with Crippen LogP contribution in [0, 0.1) is 0 Å². The lowest BCUT2D eigenvalue weighted by Gasteiger charge is -2.12. The number of nitrogens with zero attached hydrogens (tertiary/aromatic N) is 1. The van der Waals surface area contributed by atoms with Gasteiger partial charge in [-0.2, -0.15) is 0 Å². The molecule has 0 radical (unpaired) electrons. The summed E-state index contributed by atoms with van der Waals surface area (Å²) in [6.45, 7) is 2.15. The lowest BCUT2D eigenvalue weighted by molar-refractivity contribution is -0.168. The lowest BCUT2D eigenvalue weighted by Crippen LogP contribution is -2.24. The second-order valence-electron chi connectivity index (χ2n) is 6.03. The molecule has 0 aromatic carbocycles. The quantitative estimate of drug-likeness (QED) is 0.243. The highest BCUT2D eigenvalue weighted by Crippen LogP contribution is 1.99. The van der Waals surface area contributed by atoms with Crippen molar-refractivity contribution in [3.05, 3.63) is 72.9 Å². The Morgan fingerprint density at radius 3 is 1.44 bits per heavy atom. The summed E-state index contributed by atoms with van der Waals surface area (Å²) in [4.78, 5) is 16.3. The van der Waals surface area contributed by atoms with E-state index in [0.29, 0.717) is 6.42 Å². The molecule has 0 atom stereocenters. The third-order valence-electron chi connectivity index (χ3n) is 3.75. The molecule has 27 heavy (non-hydrogen) atoms. The molecule has 0 aliphatic heterocycles. The van der Waals surface area contributed by atoms with E-state index >= 15 is 0 Å². The molecule has 0 aromatic rings. The summed E-state index contributed by atoms with van der Waals surface area (Å²) in [5.41, 5.74) is 0. The van der Waals surface area contributed by atoms with Gasteiger partial charge in [0.15, 0.2) is 0 Å². The Bertz CT molecular complexity index is 524. The molecule has 150 valence electrons. The minimum atomic E-state index is -0.00275. The third-order valence-corrected chi connectivity index (χ3v) is 3.75. The Kier molecular flexibility index (Phi) is 18.6. The van der Waals surface area contributed by atoms with E-state index in [9.17, 15) is 4.79 Å². The minimum Gasteiger partial charge on any atom is -0.275 e. The van der Waals surface area contributed by atoms with E-state index < -0.39 is 0 Å². The number of carbonyl (C=O) groups is 1. The molecule has 0 N–H and O–H groups in total. The second-order valence-corrected chi connectivity index (χ2v) is 6.03. The fourth-order valence-electron chi connectivity index (χ4n) is 2.11. The van der Waals surface area contributed by atoms with Gasteiger partial charge in [-0.1, -0.05) is 79.8 Å². The van der Waals surface area contributed by atoms with Gasteiger partial charge in [0, 0.05) is 13.5 Å². The van der Waals surface area contributed by atoms with Gasteiger partial charge in [0.1, 0.15) is 0 Å². The van der Waals surface area contributed by atoms with Gasteiger partial charge in [0.25, 0.3) is 0 Å². The maximum atomic E-state index is 11.5. The summed E-state index contributed by atoms with van der Waals surface area (Å²) in [6, 6.07) is 0. The first-order valence-corrected chi connectivity index (χ1v) is 9.93. The van der Waals surface area contributed by atoms with Gasteiger partial charge in [-0.3, -0.25) is 9.63 Å². The highest BCUT2D eigenvalue weighted by Gasteiger charge is 2.04. The van der Waals surface area contributed by atoms with Gasteiger partial charge < -0.3 is 0 Å². The molecule has 3 heteroatoms. The first kappa shape index (κ1) is 24.9. The Hall–Kier alpha value is -2.13. The van der Waals surface area contributed by atoms with Crippen molar-refractivity contribution in [2.45, 2.75) is 58.3 Å². The van der Waals surface area contributed by atoms with Crippen molar-refractivity contribution in [1.82, 2.24) is 5.06 Å². The minimum absolute atomic E-state index is 0.00275. The summed E-state index contributed by atoms with van der Waals surface area (Å²) in [7, 11) is 3.12. The van der Waals surface area contributed by atoms with Gasteiger partial charge in [-0.15, -0.1) is 0 Å². The standard InChI is InChI=1S/C24H37NO2/c1-4-5-6-7-8-9-10-11-12-13-14-15-16-17-18-19-20-21-22-23-24(26)25(2)27-3/h5-6,8-9,11-12,14-15,17-18,20-21H,4,7,10,13,16,19,22-23H2,1-3H3. The van der Waals surface area contributed by atoms with E-state index in [2.05, 4.69) is 73.8 Å². The Morgan fingerprint density at radius 2 is 1.07 bits per heavy atom. The molecule has 0 heterocycles. The number of hydrogen-bond donors (Lipinski definition) is 0. The van der Waals surface area contributed by atoms with Crippen LogP contribution in [0.4, 0.5) is 0 Å². The van der Waals surface area contributed by atoms with Crippen molar-refractivity contribution in [2.24, 2.45) is 0 Å². The molecular formula is C24H37NO2. The van der Waals surface area contributed by atoms with Gasteiger partial charge in [-0.25, -0.2) is 5.06 Å². The van der Waals surface area contributed by atoms with E-state index in [0.717, 1.165) is 44.9 Å². The summed E-state index contributed by atoms with van der Waals surface area (Å²) in [6.07, 6.45) is 33.3. The number of allylic oxidation sites excluding steroid dienone is 12. The molecule has 0 saturated carbocycles. The Labute approximate surface area is 166 Å². The number of carbonyl (C=O) groups excluding carboxylic acids is 1. The number of hydrogen-bond acceptors (Lipinski definition) is 2. The van der Waals surface area contributed by atoms with Crippen LogP contribution in [-0.4, -0.2) is 25.1 Å². The van der Waals surface area contributed by atoms with E-state index in [-0.39, 0.29) is 5.91 Å². The highest BCUT2D eigenvalue weighted by atomic mass is 16.7. The van der Waals surface area contributed by atoms with Crippen molar-refractivity contribution >= 4 is 5.91 Å². The predicted octanol–water partition coefficient (Wildman–Crippen LogP) is 6.48. The summed E-state index contributed by atoms with van der Waals surface area (Å²) in [5, 5.41) is 1.26. The SMILES string of the molecule is CCC=CCC=CCC=CCC=CCC=CCC=CCCC(=O)N(C)OC. The van der Waals surface area contributed by atoms with Crippen molar-refractivity contribution in [2.75, 3.05) is 14.2 Å². The second kappa shape index (κ2) is 20.2. The van der Waals surface area contributed by atoms with Crippen LogP contribution < -0.4 is 0 Å². The van der Waals surface area contributed by atoms with Crippen LogP contribution in [0.15, 0.2) is 72.9 Å². The van der Waals surface area contributed by atoms with E-state index in [1.165, 1.54) is 12.2 Å². The van der Waals surface area contributed by atoms with Crippen LogP contribution in [-0.2, 0) is 9.63 Å². The smallest absolute Gasteiger partial charge is 0.246 e. The van der Waals surface area contributed by atoms with Gasteiger partial charge in [-0.05, 0) is 44.9 Å². The first-order valence-electron chi connectivity index (χ1n) is 9.93. The molecule has 0 fully saturated rings. The van der Waals surface area contributed by atoms with Gasteiger partial charge in [0.2, 0.25) is 5.91 Å². The van der Waals surface area contributed by atoms with Crippen LogP contribution >= 0.6 is 0 Å². The molecule has 0 aliphatic rings. The number of amides is 1. The third kappa shape index (κ3) is 18.5. The molecule has 1 amide bonds. The Morgan fingerprint density at radius 1 is 0.704 bits per heavy atom. The lowest BCUT2D eigenvalue weighted by atomic mass is 10.2. The maximum Gasteiger partial charge on any atom is 0.246 e. The molecule has 0 spiro atoms. The zero-order valence-corrected chi connectivity index (χ0v) is 17.3. The van der Waals surface area contributed by atoms with Crippen molar-refractivity contribution < 1.29 is 9.63 Å². The molecule has 0 unspecified atom stereocenters. The maximum absolute atomic E-state index is 11.5. The molecule has 0 saturated heterocycles. The normalized spacial score (nSPS) is 12.9. The van der Waals surface area contributed by atoms with Crippen LogP contribution in [0.25, 0.3) is 0 Å². The van der Waals surface area contributed by atoms with E-state index in [1.807, 2.05) is 6.08 Å². The van der Waals surface area contributed by atoms with Gasteiger partial charge in [0.05, 0.1) is 7.11 Å². The average molecular weight is 372 g/mol. The molecule has 3 nitrogen and oxygen atoms in total. The van der Waals surface area contributed by atoms with E-state index in [1.54, 1.807) is 7.05 Å². The fourth-order valence-corrected chi connectivity index (χ4v) is 2.11. The largest absolute Gasteiger partial charge is 0.275 e. The van der Waals surface area contributed by atoms with Gasteiger partial charge >= 0.3 is 0 Å². The first-order chi connectivity index (χ1) is 13.2. The zero-order chi connectivity index (χ0) is 20.0. The van der Waals surface area contributed by atoms with Crippen LogP contribution in [0.5, 0.6) is 0 Å². The molecule has 0 aromatic heterocycles. The topological polar surface area (TPSA) is 29.5 Å². The summed E-state index contributed by atoms with van der Waals surface area (Å²) >= 11 is 0. The Balaban J connectivity index is 3.60. The van der Waals surface area contributed by atoms with Crippen molar-refractivity contribution in [3.63, 3.8) is 0 Å². The molecular weight excluding hydrogens is 334 g/mol. The monoisotopic (exact) mass is 371 g/mol. The predicted molar refractivity (Wildman–Crippen MR) is 117 cm³/mol. The highest BCUT2D eigenvalue weighted by molar-refractivity contribution is 5.74. The van der Waals surface area contributed by atoms with Crippen molar-refractivity contribution in [1.29, 1.82) is 0 Å². The summed E-state index contributed by atoms with van der Waals surface area (Å²) in [5.74, 6) is -0.00275. The number of hydroxylamine groups is 2. The molecule has 0 bridgehead atoms. The molecule has 0 rings (SSSR count). The van der Waals surface area contributed by atoms with Crippen LogP contribution in [0.1, 0.15) is 58.3 Å². The van der Waals surface area contributed by atoms with Crippen LogP contribution in [0.2, 0.25) is 0 Å². The zero-order valence-electron chi connectivity index (χ0n) is 17.3. The van der Waals surface area contributed by atoms with E-state index in [4.69, 9.17) is 4.84 Å². The number of rotatable bonds is 15. The fraction of sp³-hybridized carbons (Fsp3) is 0.458. The average Bonchev–Trinajstić information content (AvgIpc) is 2.68. The van der Waals surface area contributed by atoms with Crippen molar-refractivity contribution in [3.8, 4) is 0 Å². The summed E-state index contributed by atoms with van der Waals surface area (Å²) < 4.78 is 0. The van der Waals surface area contributed by atoms with Crippen LogP contribution in [0.3, 0.4) is 0 Å².